The minimum atomic E-state index is -0.357. The molecule has 0 aliphatic heterocycles. The normalized spacial score (nSPS) is 10.8. The van der Waals surface area contributed by atoms with Crippen LogP contribution in [0, 0.1) is 11.3 Å². The number of methoxy groups -OCH3 is 1. The summed E-state index contributed by atoms with van der Waals surface area (Å²) in [4.78, 5) is 16.9. The maximum absolute atomic E-state index is 12.7. The van der Waals surface area contributed by atoms with Crippen molar-refractivity contribution in [1.29, 1.82) is 5.26 Å². The Kier molecular flexibility index (Phi) is 6.17. The molecule has 0 saturated heterocycles. The molecule has 0 spiro atoms. The summed E-state index contributed by atoms with van der Waals surface area (Å²) >= 11 is 0. The van der Waals surface area contributed by atoms with Crippen molar-refractivity contribution in [3.05, 3.63) is 95.3 Å². The van der Waals surface area contributed by atoms with E-state index in [1.165, 1.54) is 0 Å². The fraction of sp³-hybridized carbons (Fsp3) is 0.0870. The van der Waals surface area contributed by atoms with Crippen LogP contribution in [-0.4, -0.2) is 17.9 Å². The minimum absolute atomic E-state index is 0.0269. The topological polar surface area (TPSA) is 72.2 Å². The molecule has 0 aliphatic carbocycles. The summed E-state index contributed by atoms with van der Waals surface area (Å²) in [6, 6.07) is 21.5. The molecule has 138 valence electrons. The van der Waals surface area contributed by atoms with Crippen LogP contribution in [0.25, 0.3) is 6.08 Å². The van der Waals surface area contributed by atoms with Crippen LogP contribution in [0.4, 0.5) is 0 Å². The molecule has 0 radical (unpaired) electrons. The Labute approximate surface area is 163 Å². The maximum atomic E-state index is 12.7. The maximum Gasteiger partial charge on any atom is 0.203 e. The number of benzene rings is 2. The van der Waals surface area contributed by atoms with Crippen LogP contribution in [0.5, 0.6) is 11.5 Å². The Morgan fingerprint density at radius 3 is 2.50 bits per heavy atom. The third-order valence-corrected chi connectivity index (χ3v) is 4.04. The molecule has 28 heavy (non-hydrogen) atoms. The zero-order chi connectivity index (χ0) is 19.8. The fourth-order valence-electron chi connectivity index (χ4n) is 2.57. The van der Waals surface area contributed by atoms with Crippen LogP contribution < -0.4 is 9.47 Å². The number of nitrogens with zero attached hydrogens (tertiary/aromatic N) is 2. The van der Waals surface area contributed by atoms with Gasteiger partial charge >= 0.3 is 0 Å². The number of nitriles is 1. The number of carbonyl (C=O) groups is 1. The number of para-hydroxylation sites is 1. The number of allylic oxidation sites excluding steroid dienone is 1. The lowest BCUT2D eigenvalue weighted by Gasteiger charge is -2.09. The molecule has 5 nitrogen and oxygen atoms in total. The van der Waals surface area contributed by atoms with Gasteiger partial charge < -0.3 is 9.47 Å². The van der Waals surface area contributed by atoms with Crippen molar-refractivity contribution >= 4 is 11.9 Å². The van der Waals surface area contributed by atoms with Gasteiger partial charge in [0.05, 0.1) is 12.8 Å². The van der Waals surface area contributed by atoms with Gasteiger partial charge in [-0.2, -0.15) is 5.26 Å². The number of ether oxygens (including phenoxy) is 2. The van der Waals surface area contributed by atoms with Crippen molar-refractivity contribution in [2.75, 3.05) is 7.11 Å². The van der Waals surface area contributed by atoms with Crippen LogP contribution in [0.15, 0.2) is 78.5 Å². The summed E-state index contributed by atoms with van der Waals surface area (Å²) in [6.07, 6.45) is 3.24. The second-order valence-corrected chi connectivity index (χ2v) is 5.88. The molecule has 0 aliphatic rings. The summed E-state index contributed by atoms with van der Waals surface area (Å²) in [5.41, 5.74) is 1.88. The number of hydrogen-bond acceptors (Lipinski definition) is 5. The van der Waals surface area contributed by atoms with Gasteiger partial charge in [0.25, 0.3) is 0 Å². The average molecular weight is 370 g/mol. The van der Waals surface area contributed by atoms with Crippen molar-refractivity contribution in [3.8, 4) is 17.6 Å². The lowest BCUT2D eigenvalue weighted by atomic mass is 10.0. The predicted molar refractivity (Wildman–Crippen MR) is 106 cm³/mol. The van der Waals surface area contributed by atoms with Crippen LogP contribution in [-0.2, 0) is 6.61 Å². The predicted octanol–water partition coefficient (Wildman–Crippen LogP) is 4.46. The second kappa shape index (κ2) is 9.15. The van der Waals surface area contributed by atoms with E-state index >= 15 is 0 Å². The Balaban J connectivity index is 1.84. The number of aromatic nitrogens is 1. The highest BCUT2D eigenvalue weighted by Gasteiger charge is 2.13. The van der Waals surface area contributed by atoms with Gasteiger partial charge in [-0.3, -0.25) is 9.78 Å². The summed E-state index contributed by atoms with van der Waals surface area (Å²) in [5.74, 6) is 0.862. The third kappa shape index (κ3) is 4.63. The highest BCUT2D eigenvalue weighted by atomic mass is 16.5. The minimum Gasteiger partial charge on any atom is -0.497 e. The summed E-state index contributed by atoms with van der Waals surface area (Å²) in [6.45, 7) is 0.292. The Hall–Kier alpha value is -3.91. The van der Waals surface area contributed by atoms with Gasteiger partial charge in [-0.05, 0) is 48.5 Å². The highest BCUT2D eigenvalue weighted by Crippen LogP contribution is 2.23. The average Bonchev–Trinajstić information content (AvgIpc) is 2.77. The summed E-state index contributed by atoms with van der Waals surface area (Å²) < 4.78 is 10.9. The SMILES string of the molecule is COc1ccc(C(=O)/C(C#N)=C/c2ccccc2OCc2ccccn2)cc1. The van der Waals surface area contributed by atoms with Gasteiger partial charge in [0.2, 0.25) is 5.78 Å². The highest BCUT2D eigenvalue weighted by molar-refractivity contribution is 6.14. The molecule has 0 bridgehead atoms. The molecular weight excluding hydrogens is 352 g/mol. The molecule has 2 aromatic carbocycles. The first-order valence-electron chi connectivity index (χ1n) is 8.63. The third-order valence-electron chi connectivity index (χ3n) is 4.04. The lowest BCUT2D eigenvalue weighted by Crippen LogP contribution is -2.03. The van der Waals surface area contributed by atoms with Gasteiger partial charge in [-0.25, -0.2) is 0 Å². The zero-order valence-electron chi connectivity index (χ0n) is 15.3. The van der Waals surface area contributed by atoms with E-state index in [2.05, 4.69) is 4.98 Å². The van der Waals surface area contributed by atoms with Crippen molar-refractivity contribution in [2.45, 2.75) is 6.61 Å². The standard InChI is InChI=1S/C23H18N2O3/c1-27-21-11-9-17(10-12-21)23(26)19(15-24)14-18-6-2-3-8-22(18)28-16-20-7-4-5-13-25-20/h2-14H,16H2,1H3/b19-14+. The van der Waals surface area contributed by atoms with Crippen molar-refractivity contribution < 1.29 is 14.3 Å². The van der Waals surface area contributed by atoms with Crippen LogP contribution >= 0.6 is 0 Å². The second-order valence-electron chi connectivity index (χ2n) is 5.88. The molecule has 5 heteroatoms. The molecule has 1 aromatic heterocycles. The quantitative estimate of drug-likeness (QED) is 0.349. The van der Waals surface area contributed by atoms with Gasteiger partial charge in [-0.15, -0.1) is 0 Å². The van der Waals surface area contributed by atoms with E-state index in [9.17, 15) is 10.1 Å². The summed E-state index contributed by atoms with van der Waals surface area (Å²) in [7, 11) is 1.55. The number of carbonyl (C=O) groups excluding carboxylic acids is 1. The van der Waals surface area contributed by atoms with Gasteiger partial charge in [0.15, 0.2) is 0 Å². The van der Waals surface area contributed by atoms with Gasteiger partial charge in [-0.1, -0.05) is 24.3 Å². The van der Waals surface area contributed by atoms with E-state index in [4.69, 9.17) is 9.47 Å². The van der Waals surface area contributed by atoms with Crippen LogP contribution in [0.1, 0.15) is 21.6 Å². The zero-order valence-corrected chi connectivity index (χ0v) is 15.3. The number of hydrogen-bond donors (Lipinski definition) is 0. The first-order chi connectivity index (χ1) is 13.7. The molecule has 0 N–H and O–H groups in total. The number of rotatable bonds is 7. The number of ketones is 1. The van der Waals surface area contributed by atoms with Crippen molar-refractivity contribution in [1.82, 2.24) is 4.98 Å². The van der Waals surface area contributed by atoms with E-state index in [0.717, 1.165) is 5.69 Å². The first kappa shape index (κ1) is 18.9. The van der Waals surface area contributed by atoms with E-state index in [0.29, 0.717) is 29.2 Å². The smallest absolute Gasteiger partial charge is 0.203 e. The van der Waals surface area contributed by atoms with E-state index in [1.807, 2.05) is 36.4 Å². The van der Waals surface area contributed by atoms with E-state index in [1.54, 1.807) is 55.8 Å². The van der Waals surface area contributed by atoms with Crippen LogP contribution in [0.2, 0.25) is 0 Å². The van der Waals surface area contributed by atoms with Gasteiger partial charge in [0.1, 0.15) is 29.7 Å². The van der Waals surface area contributed by atoms with Crippen molar-refractivity contribution in [3.63, 3.8) is 0 Å². The first-order valence-corrected chi connectivity index (χ1v) is 8.63. The molecule has 1 heterocycles. The Bertz CT molecular complexity index is 1020. The Morgan fingerprint density at radius 1 is 1.07 bits per heavy atom. The van der Waals surface area contributed by atoms with Gasteiger partial charge in [0, 0.05) is 17.3 Å². The number of pyridine rings is 1. The van der Waals surface area contributed by atoms with E-state index < -0.39 is 0 Å². The van der Waals surface area contributed by atoms with E-state index in [-0.39, 0.29) is 11.4 Å². The molecule has 0 atom stereocenters. The lowest BCUT2D eigenvalue weighted by molar-refractivity contribution is 0.104. The molecule has 0 unspecified atom stereocenters. The molecular formula is C23H18N2O3. The molecule has 0 amide bonds. The Morgan fingerprint density at radius 2 is 1.82 bits per heavy atom. The largest absolute Gasteiger partial charge is 0.497 e. The summed E-state index contributed by atoms with van der Waals surface area (Å²) in [5, 5.41) is 9.50. The molecule has 0 saturated carbocycles. The van der Waals surface area contributed by atoms with Crippen LogP contribution in [0.3, 0.4) is 0 Å². The molecule has 3 rings (SSSR count). The van der Waals surface area contributed by atoms with Crippen molar-refractivity contribution in [2.24, 2.45) is 0 Å². The number of Topliss-reactive ketones (excluding diaryl/α,β-unsaturated/α-hetero) is 1. The molecule has 3 aromatic rings. The fourth-order valence-corrected chi connectivity index (χ4v) is 2.57. The monoisotopic (exact) mass is 370 g/mol. The molecule has 0 fully saturated rings.